The Morgan fingerprint density at radius 3 is 3.00 bits per heavy atom. The highest BCUT2D eigenvalue weighted by Crippen LogP contribution is 2.17. The second-order valence-corrected chi connectivity index (χ2v) is 5.54. The maximum Gasteiger partial charge on any atom is 0.255 e. The van der Waals surface area contributed by atoms with E-state index in [2.05, 4.69) is 4.98 Å². The molecule has 2 saturated heterocycles. The number of rotatable bonds is 3. The second kappa shape index (κ2) is 6.41. The van der Waals surface area contributed by atoms with E-state index >= 15 is 0 Å². The third kappa shape index (κ3) is 3.51. The van der Waals surface area contributed by atoms with Crippen molar-refractivity contribution in [2.75, 3.05) is 26.3 Å². The number of aliphatic hydroxyl groups is 1. The van der Waals surface area contributed by atoms with Gasteiger partial charge in [0.15, 0.2) is 0 Å². The van der Waals surface area contributed by atoms with E-state index in [9.17, 15) is 9.90 Å². The molecule has 2 unspecified atom stereocenters. The van der Waals surface area contributed by atoms with Gasteiger partial charge in [-0.25, -0.2) is 4.98 Å². The highest BCUT2D eigenvalue weighted by molar-refractivity contribution is 5.94. The number of ether oxygens (including phenoxy) is 2. The molecule has 1 aromatic heterocycles. The van der Waals surface area contributed by atoms with Crippen molar-refractivity contribution in [1.82, 2.24) is 9.88 Å². The van der Waals surface area contributed by atoms with Crippen LogP contribution < -0.4 is 4.74 Å². The van der Waals surface area contributed by atoms with Gasteiger partial charge in [0.05, 0.1) is 24.9 Å². The summed E-state index contributed by atoms with van der Waals surface area (Å²) in [7, 11) is 0. The molecule has 2 aliphatic rings. The molecule has 2 fully saturated rings. The van der Waals surface area contributed by atoms with E-state index in [4.69, 9.17) is 9.47 Å². The van der Waals surface area contributed by atoms with Crippen molar-refractivity contribution in [3.8, 4) is 5.88 Å². The lowest BCUT2D eigenvalue weighted by atomic mass is 10.1. The summed E-state index contributed by atoms with van der Waals surface area (Å²) in [4.78, 5) is 18.2. The topological polar surface area (TPSA) is 71.9 Å². The van der Waals surface area contributed by atoms with Gasteiger partial charge in [-0.2, -0.15) is 0 Å². The first-order chi connectivity index (χ1) is 10.2. The molecular formula is C15H20N2O4. The number of hydrogen-bond acceptors (Lipinski definition) is 5. The lowest BCUT2D eigenvalue weighted by Crippen LogP contribution is -2.42. The molecule has 3 rings (SSSR count). The summed E-state index contributed by atoms with van der Waals surface area (Å²) in [5, 5.41) is 9.64. The highest BCUT2D eigenvalue weighted by atomic mass is 16.5. The van der Waals surface area contributed by atoms with Crippen molar-refractivity contribution < 1.29 is 19.4 Å². The highest BCUT2D eigenvalue weighted by Gasteiger charge is 2.23. The molecule has 0 aromatic carbocycles. The number of pyridine rings is 1. The van der Waals surface area contributed by atoms with Gasteiger partial charge < -0.3 is 19.5 Å². The predicted molar refractivity (Wildman–Crippen MR) is 75.2 cm³/mol. The molecule has 2 atom stereocenters. The Balaban J connectivity index is 1.61. The SMILES string of the molecule is O=C(c1ccc(OC2CCOC2)nc1)N1CCCC(O)C1. The van der Waals surface area contributed by atoms with Crippen molar-refractivity contribution in [3.05, 3.63) is 23.9 Å². The quantitative estimate of drug-likeness (QED) is 0.894. The van der Waals surface area contributed by atoms with Crippen LogP contribution in [0.3, 0.4) is 0 Å². The minimum absolute atomic E-state index is 0.0521. The summed E-state index contributed by atoms with van der Waals surface area (Å²) in [5.41, 5.74) is 0.527. The van der Waals surface area contributed by atoms with E-state index in [1.807, 2.05) is 0 Å². The van der Waals surface area contributed by atoms with Crippen molar-refractivity contribution >= 4 is 5.91 Å². The number of likely N-dealkylation sites (tertiary alicyclic amines) is 1. The molecule has 3 heterocycles. The third-order valence-electron chi connectivity index (χ3n) is 3.84. The second-order valence-electron chi connectivity index (χ2n) is 5.54. The molecule has 0 saturated carbocycles. The smallest absolute Gasteiger partial charge is 0.255 e. The van der Waals surface area contributed by atoms with Crippen LogP contribution in [0.1, 0.15) is 29.6 Å². The molecule has 0 aliphatic carbocycles. The molecule has 0 bridgehead atoms. The van der Waals surface area contributed by atoms with Crippen LogP contribution in [0.5, 0.6) is 5.88 Å². The number of β-amino-alcohol motifs (C(OH)–C–C–N with tert-alkyl or cyclic N) is 1. The number of aliphatic hydroxyl groups excluding tert-OH is 1. The predicted octanol–water partition coefficient (Wildman–Crippen LogP) is 0.846. The van der Waals surface area contributed by atoms with Gasteiger partial charge in [0.25, 0.3) is 5.91 Å². The number of piperidine rings is 1. The number of hydrogen-bond donors (Lipinski definition) is 1. The van der Waals surface area contributed by atoms with Crippen LogP contribution in [0.25, 0.3) is 0 Å². The average Bonchev–Trinajstić information content (AvgIpc) is 3.00. The summed E-state index contributed by atoms with van der Waals surface area (Å²) in [6.07, 6.45) is 3.64. The zero-order valence-corrected chi connectivity index (χ0v) is 11.9. The van der Waals surface area contributed by atoms with Gasteiger partial charge in [0, 0.05) is 31.8 Å². The Morgan fingerprint density at radius 1 is 1.43 bits per heavy atom. The average molecular weight is 292 g/mol. The molecule has 6 heteroatoms. The Labute approximate surface area is 123 Å². The summed E-state index contributed by atoms with van der Waals surface area (Å²) in [6, 6.07) is 3.44. The number of nitrogens with zero attached hydrogens (tertiary/aromatic N) is 2. The molecule has 6 nitrogen and oxygen atoms in total. The van der Waals surface area contributed by atoms with Crippen LogP contribution in [-0.2, 0) is 4.74 Å². The fourth-order valence-electron chi connectivity index (χ4n) is 2.67. The van der Waals surface area contributed by atoms with Crippen LogP contribution in [0.2, 0.25) is 0 Å². The Kier molecular flexibility index (Phi) is 4.36. The van der Waals surface area contributed by atoms with Crippen molar-refractivity contribution in [2.24, 2.45) is 0 Å². The first kappa shape index (κ1) is 14.3. The number of carbonyl (C=O) groups is 1. The van der Waals surface area contributed by atoms with E-state index < -0.39 is 6.10 Å². The van der Waals surface area contributed by atoms with E-state index in [0.29, 0.717) is 31.1 Å². The van der Waals surface area contributed by atoms with E-state index in [-0.39, 0.29) is 12.0 Å². The molecule has 1 amide bonds. The monoisotopic (exact) mass is 292 g/mol. The summed E-state index contributed by atoms with van der Waals surface area (Å²) < 4.78 is 10.9. The van der Waals surface area contributed by atoms with Crippen LogP contribution in [0, 0.1) is 0 Å². The van der Waals surface area contributed by atoms with Crippen molar-refractivity contribution in [1.29, 1.82) is 0 Å². The van der Waals surface area contributed by atoms with Gasteiger partial charge in [-0.3, -0.25) is 4.79 Å². The van der Waals surface area contributed by atoms with Gasteiger partial charge in [-0.15, -0.1) is 0 Å². The number of aromatic nitrogens is 1. The van der Waals surface area contributed by atoms with Crippen LogP contribution in [0.15, 0.2) is 18.3 Å². The fraction of sp³-hybridized carbons (Fsp3) is 0.600. The Hall–Kier alpha value is -1.66. The van der Waals surface area contributed by atoms with Gasteiger partial charge in [-0.05, 0) is 18.9 Å². The van der Waals surface area contributed by atoms with Crippen LogP contribution in [0.4, 0.5) is 0 Å². The van der Waals surface area contributed by atoms with Gasteiger partial charge in [0.2, 0.25) is 5.88 Å². The molecule has 114 valence electrons. The number of amides is 1. The molecule has 0 radical (unpaired) electrons. The lowest BCUT2D eigenvalue weighted by Gasteiger charge is -2.30. The minimum Gasteiger partial charge on any atom is -0.472 e. The van der Waals surface area contributed by atoms with Gasteiger partial charge in [-0.1, -0.05) is 0 Å². The summed E-state index contributed by atoms with van der Waals surface area (Å²) >= 11 is 0. The molecule has 1 aromatic rings. The Morgan fingerprint density at radius 2 is 2.33 bits per heavy atom. The number of carbonyl (C=O) groups excluding carboxylic acids is 1. The first-order valence-corrected chi connectivity index (χ1v) is 7.40. The van der Waals surface area contributed by atoms with Crippen LogP contribution in [-0.4, -0.2) is 59.4 Å². The maximum absolute atomic E-state index is 12.3. The summed E-state index contributed by atoms with van der Waals surface area (Å²) in [6.45, 7) is 2.40. The molecular weight excluding hydrogens is 272 g/mol. The van der Waals surface area contributed by atoms with E-state index in [1.54, 1.807) is 17.0 Å². The zero-order valence-electron chi connectivity index (χ0n) is 11.9. The van der Waals surface area contributed by atoms with Gasteiger partial charge in [0.1, 0.15) is 6.10 Å². The minimum atomic E-state index is -0.416. The maximum atomic E-state index is 12.3. The molecule has 0 spiro atoms. The summed E-state index contributed by atoms with van der Waals surface area (Å²) in [5.74, 6) is 0.428. The standard InChI is InChI=1S/C15H20N2O4/c18-12-2-1-6-17(9-12)15(19)11-3-4-14(16-8-11)21-13-5-7-20-10-13/h3-4,8,12-13,18H,1-2,5-7,9-10H2. The van der Waals surface area contributed by atoms with Crippen molar-refractivity contribution in [3.63, 3.8) is 0 Å². The Bertz CT molecular complexity index is 485. The third-order valence-corrected chi connectivity index (χ3v) is 3.84. The molecule has 21 heavy (non-hydrogen) atoms. The first-order valence-electron chi connectivity index (χ1n) is 7.40. The molecule has 1 N–H and O–H groups in total. The van der Waals surface area contributed by atoms with Crippen LogP contribution >= 0.6 is 0 Å². The van der Waals surface area contributed by atoms with E-state index in [0.717, 1.165) is 25.9 Å². The normalized spacial score (nSPS) is 25.9. The van der Waals surface area contributed by atoms with E-state index in [1.165, 1.54) is 6.20 Å². The van der Waals surface area contributed by atoms with Crippen molar-refractivity contribution in [2.45, 2.75) is 31.5 Å². The fourth-order valence-corrected chi connectivity index (χ4v) is 2.67. The largest absolute Gasteiger partial charge is 0.472 e. The molecule has 2 aliphatic heterocycles. The van der Waals surface area contributed by atoms with Gasteiger partial charge >= 0.3 is 0 Å². The lowest BCUT2D eigenvalue weighted by molar-refractivity contribution is 0.0473. The zero-order chi connectivity index (χ0) is 14.7.